The van der Waals surface area contributed by atoms with E-state index < -0.39 is 0 Å². The van der Waals surface area contributed by atoms with E-state index in [-0.39, 0.29) is 5.82 Å². The van der Waals surface area contributed by atoms with Crippen LogP contribution in [0.25, 0.3) is 11.0 Å². The minimum Gasteiger partial charge on any atom is -0.371 e. The highest BCUT2D eigenvalue weighted by Crippen LogP contribution is 2.33. The fraction of sp³-hybridized carbons (Fsp3) is 0.500. The van der Waals surface area contributed by atoms with Crippen molar-refractivity contribution in [2.24, 2.45) is 0 Å². The molecule has 0 amide bonds. The summed E-state index contributed by atoms with van der Waals surface area (Å²) < 4.78 is 16.6. The maximum atomic E-state index is 14.3. The third-order valence-corrected chi connectivity index (χ3v) is 6.49. The van der Waals surface area contributed by atoms with Gasteiger partial charge in [-0.25, -0.2) is 9.37 Å². The molecule has 0 radical (unpaired) electrons. The molecule has 0 bridgehead atoms. The lowest BCUT2D eigenvalue weighted by Crippen LogP contribution is -2.44. The van der Waals surface area contributed by atoms with Crippen LogP contribution >= 0.6 is 0 Å². The molecular weight excluding hydrogens is 415 g/mol. The van der Waals surface area contributed by atoms with Gasteiger partial charge in [-0.15, -0.1) is 0 Å². The Balaban J connectivity index is 1.84. The molecular formula is C26H37FN6. The molecule has 3 aromatic rings. The second-order valence-corrected chi connectivity index (χ2v) is 9.66. The number of anilines is 2. The molecule has 7 heteroatoms. The zero-order valence-electron chi connectivity index (χ0n) is 20.9. The van der Waals surface area contributed by atoms with E-state index in [2.05, 4.69) is 64.8 Å². The number of nitrogens with zero attached hydrogens (tertiary/aromatic N) is 5. The topological polar surface area (TPSA) is 39.6 Å². The Morgan fingerprint density at radius 2 is 1.64 bits per heavy atom. The summed E-state index contributed by atoms with van der Waals surface area (Å²) in [6.45, 7) is 12.2. The molecule has 0 saturated carbocycles. The molecule has 4 rings (SSSR count). The Kier molecular flexibility index (Phi) is 6.91. The van der Waals surface area contributed by atoms with Crippen LogP contribution in [0.1, 0.15) is 22.3 Å². The number of piperazine rings is 1. The largest absolute Gasteiger partial charge is 0.371 e. The summed E-state index contributed by atoms with van der Waals surface area (Å²) in [5.74, 6) is 0.885. The molecule has 1 fully saturated rings. The highest BCUT2D eigenvalue weighted by atomic mass is 19.1. The van der Waals surface area contributed by atoms with Crippen molar-refractivity contribution in [3.63, 3.8) is 0 Å². The molecule has 1 N–H and O–H groups in total. The van der Waals surface area contributed by atoms with Crippen LogP contribution in [-0.2, 0) is 6.54 Å². The van der Waals surface area contributed by atoms with Gasteiger partial charge in [-0.05, 0) is 69.3 Å². The lowest BCUT2D eigenvalue weighted by Gasteiger charge is -2.29. The normalized spacial score (nSPS) is 14.5. The molecule has 2 aromatic carbocycles. The SMILES string of the molecule is Cc1cc(N(C)CCN(C)C)c2nc(N3CCNCC3)n(Cc3cc(C)c(F)c(C)c3)c2c1. The van der Waals surface area contributed by atoms with Crippen molar-refractivity contribution in [2.75, 3.05) is 70.2 Å². The molecule has 0 spiro atoms. The fourth-order valence-electron chi connectivity index (χ4n) is 4.66. The van der Waals surface area contributed by atoms with Gasteiger partial charge in [0.2, 0.25) is 5.95 Å². The number of benzene rings is 2. The van der Waals surface area contributed by atoms with Gasteiger partial charge >= 0.3 is 0 Å². The maximum Gasteiger partial charge on any atom is 0.207 e. The van der Waals surface area contributed by atoms with E-state index in [1.54, 1.807) is 0 Å². The lowest BCUT2D eigenvalue weighted by molar-refractivity contribution is 0.416. The molecule has 0 atom stereocenters. The number of halogens is 1. The average molecular weight is 453 g/mol. The number of fused-ring (bicyclic) bond motifs is 1. The van der Waals surface area contributed by atoms with Gasteiger partial charge in [-0.3, -0.25) is 0 Å². The van der Waals surface area contributed by atoms with E-state index in [9.17, 15) is 4.39 Å². The highest BCUT2D eigenvalue weighted by molar-refractivity contribution is 5.92. The molecule has 33 heavy (non-hydrogen) atoms. The summed E-state index contributed by atoms with van der Waals surface area (Å²) in [4.78, 5) is 12.1. The molecule has 6 nitrogen and oxygen atoms in total. The summed E-state index contributed by atoms with van der Waals surface area (Å²) >= 11 is 0. The molecule has 1 aliphatic heterocycles. The Hall–Kier alpha value is -2.64. The third kappa shape index (κ3) is 4.99. The van der Waals surface area contributed by atoms with Crippen LogP contribution in [0.15, 0.2) is 24.3 Å². The zero-order chi connectivity index (χ0) is 23.7. The number of imidazole rings is 1. The number of likely N-dealkylation sites (N-methyl/N-ethyl adjacent to an activating group) is 2. The minimum atomic E-state index is -0.114. The van der Waals surface area contributed by atoms with Crippen molar-refractivity contribution in [3.05, 3.63) is 52.3 Å². The van der Waals surface area contributed by atoms with Gasteiger partial charge in [0.05, 0.1) is 17.7 Å². The number of aromatic nitrogens is 2. The van der Waals surface area contributed by atoms with Crippen LogP contribution in [0.5, 0.6) is 0 Å². The predicted molar refractivity (Wildman–Crippen MR) is 136 cm³/mol. The summed E-state index contributed by atoms with van der Waals surface area (Å²) in [6, 6.07) is 8.41. The van der Waals surface area contributed by atoms with Crippen molar-refractivity contribution in [1.29, 1.82) is 0 Å². The standard InChI is InChI=1S/C26H37FN6/c1-18-13-22(31(6)12-11-30(4)5)25-23(14-18)33(26(29-25)32-9-7-28-8-10-32)17-21-15-19(2)24(27)20(3)16-21/h13-16,28H,7-12,17H2,1-6H3. The molecule has 1 saturated heterocycles. The van der Waals surface area contributed by atoms with Crippen LogP contribution in [0.3, 0.4) is 0 Å². The van der Waals surface area contributed by atoms with Crippen molar-refractivity contribution in [3.8, 4) is 0 Å². The maximum absolute atomic E-state index is 14.3. The predicted octanol–water partition coefficient (Wildman–Crippen LogP) is 3.56. The van der Waals surface area contributed by atoms with Gasteiger partial charge < -0.3 is 24.6 Å². The van der Waals surface area contributed by atoms with Crippen molar-refractivity contribution < 1.29 is 4.39 Å². The van der Waals surface area contributed by atoms with Gasteiger partial charge in [0.25, 0.3) is 0 Å². The first kappa shape index (κ1) is 23.5. The second kappa shape index (κ2) is 9.69. The lowest BCUT2D eigenvalue weighted by atomic mass is 10.1. The first-order valence-corrected chi connectivity index (χ1v) is 11.8. The van der Waals surface area contributed by atoms with Gasteiger partial charge in [0.1, 0.15) is 11.3 Å². The Bertz CT molecular complexity index is 1110. The zero-order valence-corrected chi connectivity index (χ0v) is 20.9. The molecule has 2 heterocycles. The number of rotatable bonds is 7. The quantitative estimate of drug-likeness (QED) is 0.594. The van der Waals surface area contributed by atoms with Crippen LogP contribution < -0.4 is 15.1 Å². The van der Waals surface area contributed by atoms with Crippen molar-refractivity contribution in [1.82, 2.24) is 19.8 Å². The first-order valence-electron chi connectivity index (χ1n) is 11.8. The Morgan fingerprint density at radius 3 is 2.27 bits per heavy atom. The Morgan fingerprint density at radius 1 is 0.970 bits per heavy atom. The summed E-state index contributed by atoms with van der Waals surface area (Å²) in [5.41, 5.74) is 7.03. The van der Waals surface area contributed by atoms with E-state index in [0.717, 1.165) is 67.5 Å². The number of nitrogens with one attached hydrogen (secondary N) is 1. The Labute approximate surface area is 197 Å². The first-order chi connectivity index (χ1) is 15.7. The van der Waals surface area contributed by atoms with E-state index in [0.29, 0.717) is 17.7 Å². The van der Waals surface area contributed by atoms with Gasteiger partial charge in [-0.2, -0.15) is 0 Å². The van der Waals surface area contributed by atoms with Crippen LogP contribution in [-0.4, -0.2) is 74.9 Å². The monoisotopic (exact) mass is 452 g/mol. The number of aryl methyl sites for hydroxylation is 3. The molecule has 1 aliphatic rings. The van der Waals surface area contributed by atoms with Crippen molar-refractivity contribution in [2.45, 2.75) is 27.3 Å². The third-order valence-electron chi connectivity index (χ3n) is 6.49. The van der Waals surface area contributed by atoms with E-state index >= 15 is 0 Å². The highest BCUT2D eigenvalue weighted by Gasteiger charge is 2.22. The summed E-state index contributed by atoms with van der Waals surface area (Å²) in [6.07, 6.45) is 0. The smallest absolute Gasteiger partial charge is 0.207 e. The van der Waals surface area contributed by atoms with E-state index in [4.69, 9.17) is 4.98 Å². The van der Waals surface area contributed by atoms with Gasteiger partial charge in [0.15, 0.2) is 0 Å². The molecule has 1 aromatic heterocycles. The number of hydrogen-bond acceptors (Lipinski definition) is 5. The summed E-state index contributed by atoms with van der Waals surface area (Å²) in [5, 5.41) is 3.44. The number of hydrogen-bond donors (Lipinski definition) is 1. The van der Waals surface area contributed by atoms with Gasteiger partial charge in [-0.1, -0.05) is 12.1 Å². The van der Waals surface area contributed by atoms with Crippen LogP contribution in [0, 0.1) is 26.6 Å². The van der Waals surface area contributed by atoms with E-state index in [1.807, 2.05) is 26.0 Å². The van der Waals surface area contributed by atoms with Gasteiger partial charge in [0, 0.05) is 46.3 Å². The molecule has 0 aliphatic carbocycles. The van der Waals surface area contributed by atoms with Crippen LogP contribution in [0.4, 0.5) is 16.0 Å². The van der Waals surface area contributed by atoms with E-state index in [1.165, 1.54) is 5.56 Å². The average Bonchev–Trinajstić information content (AvgIpc) is 3.13. The fourth-order valence-corrected chi connectivity index (χ4v) is 4.66. The summed E-state index contributed by atoms with van der Waals surface area (Å²) in [7, 11) is 6.35. The van der Waals surface area contributed by atoms with Crippen LogP contribution in [0.2, 0.25) is 0 Å². The minimum absolute atomic E-state index is 0.114. The molecule has 0 unspecified atom stereocenters. The molecule has 178 valence electrons. The second-order valence-electron chi connectivity index (χ2n) is 9.66. The van der Waals surface area contributed by atoms with Crippen molar-refractivity contribution >= 4 is 22.7 Å².